The topological polar surface area (TPSA) is 71.3 Å². The third kappa shape index (κ3) is 3.58. The summed E-state index contributed by atoms with van der Waals surface area (Å²) >= 11 is 0. The fraction of sp³-hybridized carbons (Fsp3) is 0.286. The molecule has 128 valence electrons. The molecule has 1 aromatic carbocycles. The monoisotopic (exact) mass is 359 g/mol. The highest BCUT2D eigenvalue weighted by molar-refractivity contribution is 7.90. The molecule has 0 saturated carbocycles. The second kappa shape index (κ2) is 5.62. The lowest BCUT2D eigenvalue weighted by Gasteiger charge is -2.29. The fourth-order valence-corrected chi connectivity index (χ4v) is 3.31. The molecule has 24 heavy (non-hydrogen) atoms. The van der Waals surface area contributed by atoms with Crippen molar-refractivity contribution in [3.8, 4) is 5.75 Å². The Labute approximate surface area is 136 Å². The number of amidine groups is 1. The highest BCUT2D eigenvalue weighted by Crippen LogP contribution is 2.28. The van der Waals surface area contributed by atoms with Crippen molar-refractivity contribution >= 4 is 27.1 Å². The molecule has 3 rings (SSSR count). The largest absolute Gasteiger partial charge is 0.573 e. The minimum Gasteiger partial charge on any atom is -0.406 e. The summed E-state index contributed by atoms with van der Waals surface area (Å²) in [6.07, 6.45) is -3.14. The number of hydrazone groups is 1. The summed E-state index contributed by atoms with van der Waals surface area (Å²) in [6, 6.07) is 5.14. The van der Waals surface area contributed by atoms with E-state index in [1.54, 1.807) is 13.0 Å². The average Bonchev–Trinajstić information content (AvgIpc) is 2.46. The first kappa shape index (κ1) is 16.5. The summed E-state index contributed by atoms with van der Waals surface area (Å²) in [5, 5.41) is 5.69. The quantitative estimate of drug-likeness (QED) is 0.813. The Morgan fingerprint density at radius 2 is 1.88 bits per heavy atom. The van der Waals surface area contributed by atoms with Gasteiger partial charge in [-0.2, -0.15) is 5.10 Å². The molecule has 0 aliphatic carbocycles. The van der Waals surface area contributed by atoms with E-state index in [2.05, 4.69) is 14.2 Å². The zero-order valence-corrected chi connectivity index (χ0v) is 13.2. The van der Waals surface area contributed by atoms with Crippen LogP contribution in [-0.2, 0) is 10.0 Å². The van der Waals surface area contributed by atoms with Gasteiger partial charge in [-0.15, -0.1) is 17.6 Å². The van der Waals surface area contributed by atoms with Crippen molar-refractivity contribution in [1.29, 1.82) is 0 Å². The first-order chi connectivity index (χ1) is 11.1. The van der Waals surface area contributed by atoms with Crippen LogP contribution in [-0.4, -0.2) is 43.6 Å². The van der Waals surface area contributed by atoms with Gasteiger partial charge in [0.1, 0.15) is 5.75 Å². The van der Waals surface area contributed by atoms with Gasteiger partial charge in [0.15, 0.2) is 5.84 Å². The predicted octanol–water partition coefficient (Wildman–Crippen LogP) is 2.40. The number of nitrogens with zero attached hydrogens (tertiary/aromatic N) is 3. The molecule has 0 unspecified atom stereocenters. The molecule has 1 aromatic rings. The fourth-order valence-electron chi connectivity index (χ4n) is 2.36. The average molecular weight is 359 g/mol. The maximum absolute atomic E-state index is 12.2. The predicted molar refractivity (Wildman–Crippen MR) is 82.1 cm³/mol. The zero-order chi connectivity index (χ0) is 17.5. The number of hydrogen-bond donors (Lipinski definition) is 0. The Hall–Kier alpha value is -2.36. The highest BCUT2D eigenvalue weighted by atomic mass is 32.2. The van der Waals surface area contributed by atoms with Gasteiger partial charge >= 0.3 is 6.36 Å². The van der Waals surface area contributed by atoms with Gasteiger partial charge in [-0.05, 0) is 30.7 Å². The van der Waals surface area contributed by atoms with Gasteiger partial charge in [0.05, 0.1) is 18.0 Å². The van der Waals surface area contributed by atoms with Gasteiger partial charge < -0.3 is 4.74 Å². The number of sulfonamides is 1. The van der Waals surface area contributed by atoms with Crippen molar-refractivity contribution in [2.24, 2.45) is 9.50 Å². The summed E-state index contributed by atoms with van der Waals surface area (Å²) < 4.78 is 67.7. The van der Waals surface area contributed by atoms with Crippen LogP contribution >= 0.6 is 0 Å². The van der Waals surface area contributed by atoms with E-state index in [0.717, 1.165) is 12.1 Å². The number of alkyl halides is 3. The number of rotatable bonds is 2. The van der Waals surface area contributed by atoms with E-state index in [4.69, 9.17) is 0 Å². The minimum absolute atomic E-state index is 0.140. The van der Waals surface area contributed by atoms with Crippen molar-refractivity contribution < 1.29 is 26.3 Å². The zero-order valence-electron chi connectivity index (χ0n) is 12.4. The molecule has 2 aliphatic rings. The molecular weight excluding hydrogens is 347 g/mol. The van der Waals surface area contributed by atoms with Crippen LogP contribution < -0.4 is 4.74 Å². The molecule has 0 fully saturated rings. The van der Waals surface area contributed by atoms with Gasteiger partial charge in [-0.25, -0.2) is 13.4 Å². The summed E-state index contributed by atoms with van der Waals surface area (Å²) in [5.41, 5.74) is 1.63. The lowest BCUT2D eigenvalue weighted by molar-refractivity contribution is -0.274. The number of fused-ring (bicyclic) bond motifs is 1. The number of halogens is 3. The van der Waals surface area contributed by atoms with Crippen LogP contribution in [0.4, 0.5) is 13.2 Å². The van der Waals surface area contributed by atoms with Crippen molar-refractivity contribution in [2.75, 3.05) is 12.3 Å². The smallest absolute Gasteiger partial charge is 0.406 e. The van der Waals surface area contributed by atoms with E-state index >= 15 is 0 Å². The second-order valence-electron chi connectivity index (χ2n) is 5.20. The van der Waals surface area contributed by atoms with E-state index in [9.17, 15) is 21.6 Å². The van der Waals surface area contributed by atoms with Crippen LogP contribution in [0.1, 0.15) is 12.5 Å². The van der Waals surface area contributed by atoms with Gasteiger partial charge in [0, 0.05) is 5.57 Å². The van der Waals surface area contributed by atoms with Crippen LogP contribution in [0, 0.1) is 0 Å². The van der Waals surface area contributed by atoms with E-state index in [0.29, 0.717) is 16.8 Å². The van der Waals surface area contributed by atoms with Crippen LogP contribution in [0.2, 0.25) is 0 Å². The molecule has 0 amide bonds. The first-order valence-electron chi connectivity index (χ1n) is 6.87. The molecule has 6 nitrogen and oxygen atoms in total. The molecule has 0 bridgehead atoms. The second-order valence-corrected chi connectivity index (χ2v) is 6.95. The molecule has 0 spiro atoms. The number of benzene rings is 1. The standard InChI is InChI=1S/C14H12F3N3O3S/c1-9-8-12(13-19-24(21,22)7-6-20(13)18-9)10-2-4-11(5-3-10)23-14(15,16)17/h2-5,8H,6-7H2,1H3. The Bertz CT molecular complexity index is 855. The normalized spacial score (nSPS) is 19.8. The van der Waals surface area contributed by atoms with Crippen molar-refractivity contribution in [3.63, 3.8) is 0 Å². The Morgan fingerprint density at radius 3 is 2.50 bits per heavy atom. The van der Waals surface area contributed by atoms with Crippen molar-refractivity contribution in [3.05, 3.63) is 35.9 Å². The van der Waals surface area contributed by atoms with E-state index in [1.165, 1.54) is 17.1 Å². The molecule has 0 N–H and O–H groups in total. The van der Waals surface area contributed by atoms with E-state index in [-0.39, 0.29) is 23.9 Å². The molecule has 10 heteroatoms. The van der Waals surface area contributed by atoms with Gasteiger partial charge in [-0.3, -0.25) is 0 Å². The molecule has 0 atom stereocenters. The molecule has 0 radical (unpaired) electrons. The van der Waals surface area contributed by atoms with E-state index < -0.39 is 16.4 Å². The maximum atomic E-state index is 12.2. The van der Waals surface area contributed by atoms with Crippen LogP contribution in [0.3, 0.4) is 0 Å². The maximum Gasteiger partial charge on any atom is 0.573 e. The van der Waals surface area contributed by atoms with Crippen molar-refractivity contribution in [2.45, 2.75) is 13.3 Å². The summed E-state index contributed by atoms with van der Waals surface area (Å²) in [7, 11) is -3.58. The highest BCUT2D eigenvalue weighted by Gasteiger charge is 2.32. The third-order valence-electron chi connectivity index (χ3n) is 3.30. The Morgan fingerprint density at radius 1 is 1.21 bits per heavy atom. The molecule has 0 saturated heterocycles. The lowest BCUT2D eigenvalue weighted by atomic mass is 10.0. The summed E-state index contributed by atoms with van der Waals surface area (Å²) in [5.74, 6) is -0.335. The van der Waals surface area contributed by atoms with Crippen LogP contribution in [0.5, 0.6) is 5.75 Å². The number of allylic oxidation sites excluding steroid dienone is 1. The first-order valence-corrected chi connectivity index (χ1v) is 8.47. The molecule has 2 aliphatic heterocycles. The summed E-state index contributed by atoms with van der Waals surface area (Å²) in [4.78, 5) is 0. The molecular formula is C14H12F3N3O3S. The Balaban J connectivity index is 1.98. The van der Waals surface area contributed by atoms with Gasteiger partial charge in [0.2, 0.25) is 0 Å². The molecule has 0 aromatic heterocycles. The van der Waals surface area contributed by atoms with Gasteiger partial charge in [-0.1, -0.05) is 12.1 Å². The lowest BCUT2D eigenvalue weighted by Crippen LogP contribution is -2.39. The van der Waals surface area contributed by atoms with E-state index in [1.807, 2.05) is 0 Å². The molecule has 2 heterocycles. The minimum atomic E-state index is -4.77. The van der Waals surface area contributed by atoms with Gasteiger partial charge in [0.25, 0.3) is 10.0 Å². The SMILES string of the molecule is CC1=NN2CCS(=O)(=O)N=C2C(c2ccc(OC(F)(F)F)cc2)=C1. The van der Waals surface area contributed by atoms with Crippen LogP contribution in [0.25, 0.3) is 5.57 Å². The third-order valence-corrected chi connectivity index (χ3v) is 4.45. The summed E-state index contributed by atoms with van der Waals surface area (Å²) in [6.45, 7) is 1.91. The number of hydrogen-bond acceptors (Lipinski definition) is 5. The number of ether oxygens (including phenoxy) is 1. The van der Waals surface area contributed by atoms with Crippen molar-refractivity contribution in [1.82, 2.24) is 5.01 Å². The van der Waals surface area contributed by atoms with Crippen LogP contribution in [0.15, 0.2) is 39.8 Å². The Kier molecular flexibility index (Phi) is 3.86.